The summed E-state index contributed by atoms with van der Waals surface area (Å²) in [7, 11) is 0. The summed E-state index contributed by atoms with van der Waals surface area (Å²) in [5.41, 5.74) is 6.92. The van der Waals surface area contributed by atoms with Crippen LogP contribution in [0, 0.1) is 0 Å². The highest BCUT2D eigenvalue weighted by Crippen LogP contribution is 2.30. The van der Waals surface area contributed by atoms with E-state index in [-0.39, 0.29) is 5.97 Å². The zero-order valence-corrected chi connectivity index (χ0v) is 11.9. The number of benzene rings is 1. The van der Waals surface area contributed by atoms with Crippen molar-refractivity contribution in [3.05, 3.63) is 24.3 Å². The van der Waals surface area contributed by atoms with Gasteiger partial charge in [-0.2, -0.15) is 0 Å². The van der Waals surface area contributed by atoms with Crippen LogP contribution < -0.4 is 15.4 Å². The zero-order valence-electron chi connectivity index (χ0n) is 11.9. The van der Waals surface area contributed by atoms with Crippen LogP contribution in [-0.2, 0) is 9.53 Å². The first-order chi connectivity index (χ1) is 9.72. The van der Waals surface area contributed by atoms with E-state index in [2.05, 4.69) is 4.90 Å². The van der Waals surface area contributed by atoms with Gasteiger partial charge in [-0.3, -0.25) is 4.79 Å². The fourth-order valence-electron chi connectivity index (χ4n) is 2.29. The predicted octanol–water partition coefficient (Wildman–Crippen LogP) is 1.56. The smallest absolute Gasteiger partial charge is 0.322 e. The molecule has 0 radical (unpaired) electrons. The monoisotopic (exact) mass is 278 g/mol. The third-order valence-corrected chi connectivity index (χ3v) is 3.34. The van der Waals surface area contributed by atoms with Crippen LogP contribution in [0.15, 0.2) is 24.3 Å². The van der Waals surface area contributed by atoms with E-state index in [0.717, 1.165) is 37.6 Å². The zero-order chi connectivity index (χ0) is 14.4. The third-order valence-electron chi connectivity index (χ3n) is 3.34. The van der Waals surface area contributed by atoms with Crippen molar-refractivity contribution in [1.82, 2.24) is 0 Å². The van der Waals surface area contributed by atoms with Gasteiger partial charge in [0.05, 0.1) is 18.9 Å². The largest absolute Gasteiger partial charge is 0.491 e. The molecule has 0 aliphatic carbocycles. The molecule has 1 aliphatic rings. The van der Waals surface area contributed by atoms with Crippen LogP contribution in [0.1, 0.15) is 19.8 Å². The second kappa shape index (κ2) is 7.14. The highest BCUT2D eigenvalue weighted by molar-refractivity contribution is 5.75. The Morgan fingerprint density at radius 1 is 1.50 bits per heavy atom. The number of hydrogen-bond donors (Lipinski definition) is 1. The summed E-state index contributed by atoms with van der Waals surface area (Å²) in [6.07, 6.45) is 1.54. The van der Waals surface area contributed by atoms with Gasteiger partial charge in [-0.15, -0.1) is 0 Å². The fourth-order valence-corrected chi connectivity index (χ4v) is 2.29. The van der Waals surface area contributed by atoms with Gasteiger partial charge in [0.2, 0.25) is 0 Å². The molecule has 5 nitrogen and oxygen atoms in total. The molecule has 1 unspecified atom stereocenters. The lowest BCUT2D eigenvalue weighted by Gasteiger charge is -2.24. The Morgan fingerprint density at radius 3 is 3.10 bits per heavy atom. The summed E-state index contributed by atoms with van der Waals surface area (Å²) in [5, 5.41) is 0. The summed E-state index contributed by atoms with van der Waals surface area (Å²) in [4.78, 5) is 13.8. The molecule has 0 fully saturated rings. The predicted molar refractivity (Wildman–Crippen MR) is 78.0 cm³/mol. The van der Waals surface area contributed by atoms with Crippen LogP contribution in [0.5, 0.6) is 5.75 Å². The van der Waals surface area contributed by atoms with E-state index in [0.29, 0.717) is 13.0 Å². The molecule has 0 aromatic heterocycles. The van der Waals surface area contributed by atoms with Crippen LogP contribution in [0.25, 0.3) is 0 Å². The topological polar surface area (TPSA) is 64.8 Å². The molecule has 5 heteroatoms. The average Bonchev–Trinajstić information content (AvgIpc) is 2.67. The van der Waals surface area contributed by atoms with Gasteiger partial charge in [-0.05, 0) is 31.9 Å². The van der Waals surface area contributed by atoms with Gasteiger partial charge in [-0.25, -0.2) is 0 Å². The van der Waals surface area contributed by atoms with E-state index in [1.165, 1.54) is 0 Å². The average molecular weight is 278 g/mol. The van der Waals surface area contributed by atoms with Gasteiger partial charge in [0.1, 0.15) is 11.8 Å². The highest BCUT2D eigenvalue weighted by atomic mass is 16.5. The van der Waals surface area contributed by atoms with E-state index in [9.17, 15) is 4.79 Å². The summed E-state index contributed by atoms with van der Waals surface area (Å²) in [6.45, 7) is 4.50. The van der Waals surface area contributed by atoms with Crippen molar-refractivity contribution in [2.45, 2.75) is 25.8 Å². The van der Waals surface area contributed by atoms with E-state index >= 15 is 0 Å². The van der Waals surface area contributed by atoms with Gasteiger partial charge < -0.3 is 20.1 Å². The Bertz CT molecular complexity index is 450. The number of carbonyl (C=O) groups is 1. The van der Waals surface area contributed by atoms with Crippen molar-refractivity contribution >= 4 is 11.7 Å². The molecule has 1 heterocycles. The quantitative estimate of drug-likeness (QED) is 0.828. The van der Waals surface area contributed by atoms with Gasteiger partial charge in [0.25, 0.3) is 0 Å². The molecule has 20 heavy (non-hydrogen) atoms. The molecule has 1 aliphatic heterocycles. The molecule has 1 atom stereocenters. The number of fused-ring (bicyclic) bond motifs is 1. The fraction of sp³-hybridized carbons (Fsp3) is 0.533. The number of para-hydroxylation sites is 2. The number of hydrogen-bond acceptors (Lipinski definition) is 5. The molecule has 0 bridgehead atoms. The minimum atomic E-state index is -0.564. The van der Waals surface area contributed by atoms with Crippen molar-refractivity contribution < 1.29 is 14.3 Å². The first-order valence-electron chi connectivity index (χ1n) is 7.11. The van der Waals surface area contributed by atoms with Crippen LogP contribution in [0.4, 0.5) is 5.69 Å². The number of ether oxygens (including phenoxy) is 2. The lowest BCUT2D eigenvalue weighted by atomic mass is 10.2. The molecule has 2 rings (SSSR count). The van der Waals surface area contributed by atoms with E-state index in [1.54, 1.807) is 6.92 Å². The number of nitrogens with zero attached hydrogens (tertiary/aromatic N) is 1. The summed E-state index contributed by atoms with van der Waals surface area (Å²) >= 11 is 0. The van der Waals surface area contributed by atoms with Crippen molar-refractivity contribution in [2.75, 3.05) is 31.2 Å². The molecule has 1 aromatic rings. The second-order valence-electron chi connectivity index (χ2n) is 4.80. The van der Waals surface area contributed by atoms with Crippen molar-refractivity contribution in [3.63, 3.8) is 0 Å². The summed E-state index contributed by atoms with van der Waals surface area (Å²) in [5.74, 6) is 0.571. The molecule has 0 spiro atoms. The number of esters is 1. The second-order valence-corrected chi connectivity index (χ2v) is 4.80. The number of anilines is 1. The van der Waals surface area contributed by atoms with Gasteiger partial charge in [-0.1, -0.05) is 12.1 Å². The number of nitrogens with two attached hydrogens (primary N) is 1. The van der Waals surface area contributed by atoms with Crippen LogP contribution in [-0.4, -0.2) is 38.3 Å². The standard InChI is InChI=1S/C15H22N2O3/c1-2-19-15(18)12(16)8-10-17-9-5-11-20-14-7-4-3-6-13(14)17/h3-4,6-7,12H,2,5,8-11,16H2,1H3. The van der Waals surface area contributed by atoms with Crippen LogP contribution in [0.3, 0.4) is 0 Å². The lowest BCUT2D eigenvalue weighted by Crippen LogP contribution is -2.37. The SMILES string of the molecule is CCOC(=O)C(N)CCN1CCCOc2ccccc21. The molecule has 0 amide bonds. The first-order valence-corrected chi connectivity index (χ1v) is 7.11. The first kappa shape index (κ1) is 14.7. The minimum absolute atomic E-state index is 0.327. The van der Waals surface area contributed by atoms with E-state index in [4.69, 9.17) is 15.2 Å². The molecule has 110 valence electrons. The maximum Gasteiger partial charge on any atom is 0.322 e. The number of carbonyl (C=O) groups excluding carboxylic acids is 1. The Balaban J connectivity index is 1.97. The normalized spacial score (nSPS) is 15.8. The molecule has 2 N–H and O–H groups in total. The summed E-state index contributed by atoms with van der Waals surface area (Å²) < 4.78 is 10.6. The molecule has 0 saturated carbocycles. The third kappa shape index (κ3) is 3.63. The Hall–Kier alpha value is -1.75. The minimum Gasteiger partial charge on any atom is -0.491 e. The number of rotatable bonds is 5. The van der Waals surface area contributed by atoms with Crippen LogP contribution in [0.2, 0.25) is 0 Å². The maximum absolute atomic E-state index is 11.5. The van der Waals surface area contributed by atoms with Crippen molar-refractivity contribution in [2.24, 2.45) is 5.73 Å². The summed E-state index contributed by atoms with van der Waals surface area (Å²) in [6, 6.07) is 7.40. The van der Waals surface area contributed by atoms with Crippen LogP contribution >= 0.6 is 0 Å². The van der Waals surface area contributed by atoms with E-state index in [1.807, 2.05) is 24.3 Å². The van der Waals surface area contributed by atoms with Gasteiger partial charge >= 0.3 is 5.97 Å². The maximum atomic E-state index is 11.5. The van der Waals surface area contributed by atoms with E-state index < -0.39 is 6.04 Å². The lowest BCUT2D eigenvalue weighted by molar-refractivity contribution is -0.144. The Labute approximate surface area is 119 Å². The van der Waals surface area contributed by atoms with Gasteiger partial charge in [0.15, 0.2) is 0 Å². The van der Waals surface area contributed by atoms with Crippen molar-refractivity contribution in [3.8, 4) is 5.75 Å². The molecular formula is C15H22N2O3. The Morgan fingerprint density at radius 2 is 2.30 bits per heavy atom. The van der Waals surface area contributed by atoms with Gasteiger partial charge in [0, 0.05) is 13.1 Å². The molecule has 1 aromatic carbocycles. The Kier molecular flexibility index (Phi) is 5.24. The molecular weight excluding hydrogens is 256 g/mol. The molecule has 0 saturated heterocycles. The van der Waals surface area contributed by atoms with Crippen molar-refractivity contribution in [1.29, 1.82) is 0 Å². The highest BCUT2D eigenvalue weighted by Gasteiger charge is 2.19.